The van der Waals surface area contributed by atoms with Crippen LogP contribution >= 0.6 is 15.9 Å². The summed E-state index contributed by atoms with van der Waals surface area (Å²) in [4.78, 5) is 10.8. The zero-order chi connectivity index (χ0) is 14.0. The van der Waals surface area contributed by atoms with Gasteiger partial charge < -0.3 is 9.84 Å². The van der Waals surface area contributed by atoms with E-state index in [9.17, 15) is 13.6 Å². The van der Waals surface area contributed by atoms with Crippen molar-refractivity contribution in [2.24, 2.45) is 0 Å². The van der Waals surface area contributed by atoms with Crippen LogP contribution in [0, 0.1) is 11.6 Å². The Balaban J connectivity index is 2.31. The van der Waals surface area contributed by atoms with Gasteiger partial charge in [0.05, 0.1) is 5.56 Å². The minimum absolute atomic E-state index is 0.0482. The lowest BCUT2D eigenvalue weighted by atomic mass is 10.2. The van der Waals surface area contributed by atoms with Gasteiger partial charge in [0.2, 0.25) is 0 Å². The second-order valence-corrected chi connectivity index (χ2v) is 4.48. The van der Waals surface area contributed by atoms with Crippen LogP contribution in [0.5, 0.6) is 11.5 Å². The van der Waals surface area contributed by atoms with Gasteiger partial charge in [-0.25, -0.2) is 13.6 Å². The average Bonchev–Trinajstić information content (AvgIpc) is 2.33. The van der Waals surface area contributed by atoms with E-state index in [1.807, 2.05) is 0 Å². The van der Waals surface area contributed by atoms with E-state index in [1.165, 1.54) is 18.2 Å². The Bertz CT molecular complexity index is 644. The van der Waals surface area contributed by atoms with Crippen molar-refractivity contribution in [3.63, 3.8) is 0 Å². The normalized spacial score (nSPS) is 10.3. The van der Waals surface area contributed by atoms with Crippen molar-refractivity contribution in [3.05, 3.63) is 58.1 Å². The van der Waals surface area contributed by atoms with Crippen molar-refractivity contribution in [1.82, 2.24) is 0 Å². The molecule has 0 spiro atoms. The lowest BCUT2D eigenvalue weighted by Crippen LogP contribution is -1.98. The highest BCUT2D eigenvalue weighted by Crippen LogP contribution is 2.29. The minimum atomic E-state index is -1.10. The first kappa shape index (κ1) is 13.5. The van der Waals surface area contributed by atoms with Gasteiger partial charge in [0, 0.05) is 10.5 Å². The molecule has 0 atom stereocenters. The van der Waals surface area contributed by atoms with Crippen LogP contribution in [0.25, 0.3) is 0 Å². The fourth-order valence-corrected chi connectivity index (χ4v) is 1.94. The third-order valence-electron chi connectivity index (χ3n) is 2.29. The number of aromatic carboxylic acids is 1. The Kier molecular flexibility index (Phi) is 3.80. The van der Waals surface area contributed by atoms with Gasteiger partial charge in [0.25, 0.3) is 0 Å². The number of carbonyl (C=O) groups is 1. The number of hydrogen-bond donors (Lipinski definition) is 1. The predicted molar refractivity (Wildman–Crippen MR) is 67.5 cm³/mol. The number of carboxylic acid groups (broad SMARTS) is 1. The molecule has 6 heteroatoms. The van der Waals surface area contributed by atoms with Crippen LogP contribution < -0.4 is 4.74 Å². The zero-order valence-electron chi connectivity index (χ0n) is 9.36. The van der Waals surface area contributed by atoms with Crippen LogP contribution in [0.3, 0.4) is 0 Å². The van der Waals surface area contributed by atoms with Gasteiger partial charge in [-0.1, -0.05) is 0 Å². The van der Waals surface area contributed by atoms with Gasteiger partial charge >= 0.3 is 5.97 Å². The van der Waals surface area contributed by atoms with E-state index in [0.717, 1.165) is 18.2 Å². The van der Waals surface area contributed by atoms with Crippen LogP contribution in [-0.4, -0.2) is 11.1 Å². The van der Waals surface area contributed by atoms with E-state index >= 15 is 0 Å². The molecule has 19 heavy (non-hydrogen) atoms. The SMILES string of the molecule is O=C(O)c1ccc(Oc2cc(F)ccc2F)cc1Br. The van der Waals surface area contributed by atoms with Gasteiger partial charge in [-0.15, -0.1) is 0 Å². The molecule has 2 aromatic carbocycles. The maximum atomic E-state index is 13.4. The summed E-state index contributed by atoms with van der Waals surface area (Å²) >= 11 is 3.07. The number of ether oxygens (including phenoxy) is 1. The lowest BCUT2D eigenvalue weighted by Gasteiger charge is -2.08. The topological polar surface area (TPSA) is 46.5 Å². The summed E-state index contributed by atoms with van der Waals surface area (Å²) in [6, 6.07) is 6.87. The van der Waals surface area contributed by atoms with Crippen molar-refractivity contribution >= 4 is 21.9 Å². The third kappa shape index (κ3) is 3.08. The summed E-state index contributed by atoms with van der Waals surface area (Å²) in [5.41, 5.74) is 0.0482. The Morgan fingerprint density at radius 2 is 1.89 bits per heavy atom. The molecule has 0 unspecified atom stereocenters. The molecule has 0 aliphatic rings. The largest absolute Gasteiger partial charge is 0.478 e. The van der Waals surface area contributed by atoms with Crippen LogP contribution in [0.4, 0.5) is 8.78 Å². The lowest BCUT2D eigenvalue weighted by molar-refractivity contribution is 0.0696. The summed E-state index contributed by atoms with van der Waals surface area (Å²) in [5, 5.41) is 8.85. The first-order chi connectivity index (χ1) is 8.97. The molecule has 3 nitrogen and oxygen atoms in total. The van der Waals surface area contributed by atoms with E-state index in [4.69, 9.17) is 9.84 Å². The molecular weight excluding hydrogens is 322 g/mol. The van der Waals surface area contributed by atoms with Crippen molar-refractivity contribution in [1.29, 1.82) is 0 Å². The van der Waals surface area contributed by atoms with Crippen LogP contribution in [0.1, 0.15) is 10.4 Å². The van der Waals surface area contributed by atoms with Gasteiger partial charge in [-0.05, 0) is 46.3 Å². The van der Waals surface area contributed by atoms with Crippen LogP contribution in [0.2, 0.25) is 0 Å². The molecule has 0 aliphatic carbocycles. The van der Waals surface area contributed by atoms with Crippen molar-refractivity contribution < 1.29 is 23.4 Å². The number of benzene rings is 2. The van der Waals surface area contributed by atoms with Gasteiger partial charge in [-0.3, -0.25) is 0 Å². The molecular formula is C13H7BrF2O3. The standard InChI is InChI=1S/C13H7BrF2O3/c14-10-6-8(2-3-9(10)13(17)18)19-12-5-7(15)1-4-11(12)16/h1-6H,(H,17,18). The Morgan fingerprint density at radius 1 is 1.16 bits per heavy atom. The summed E-state index contributed by atoms with van der Waals surface area (Å²) in [7, 11) is 0. The molecule has 0 saturated heterocycles. The fraction of sp³-hybridized carbons (Fsp3) is 0. The summed E-state index contributed by atoms with van der Waals surface area (Å²) in [5.74, 6) is -2.51. The third-order valence-corrected chi connectivity index (χ3v) is 2.95. The highest BCUT2D eigenvalue weighted by atomic mass is 79.9. The van der Waals surface area contributed by atoms with E-state index < -0.39 is 17.6 Å². The van der Waals surface area contributed by atoms with Crippen molar-refractivity contribution in [2.75, 3.05) is 0 Å². The maximum Gasteiger partial charge on any atom is 0.336 e. The van der Waals surface area contributed by atoms with Gasteiger partial charge in [-0.2, -0.15) is 0 Å². The highest BCUT2D eigenvalue weighted by molar-refractivity contribution is 9.10. The first-order valence-electron chi connectivity index (χ1n) is 5.13. The molecule has 0 heterocycles. The molecule has 1 N–H and O–H groups in total. The first-order valence-corrected chi connectivity index (χ1v) is 5.92. The Labute approximate surface area is 115 Å². The quantitative estimate of drug-likeness (QED) is 0.917. The molecule has 0 aliphatic heterocycles. The van der Waals surface area contributed by atoms with E-state index in [-0.39, 0.29) is 21.5 Å². The summed E-state index contributed by atoms with van der Waals surface area (Å²) in [6.45, 7) is 0. The molecule has 0 bridgehead atoms. The molecule has 0 aromatic heterocycles. The van der Waals surface area contributed by atoms with Crippen molar-refractivity contribution in [3.8, 4) is 11.5 Å². The summed E-state index contributed by atoms with van der Waals surface area (Å²) in [6.07, 6.45) is 0. The number of halogens is 3. The Morgan fingerprint density at radius 3 is 2.53 bits per heavy atom. The fourth-order valence-electron chi connectivity index (χ4n) is 1.42. The van der Waals surface area contributed by atoms with Gasteiger partial charge in [0.15, 0.2) is 11.6 Å². The van der Waals surface area contributed by atoms with E-state index in [2.05, 4.69) is 15.9 Å². The zero-order valence-corrected chi connectivity index (χ0v) is 10.9. The molecule has 2 aromatic rings. The molecule has 0 radical (unpaired) electrons. The number of hydrogen-bond acceptors (Lipinski definition) is 2. The molecule has 0 fully saturated rings. The predicted octanol–water partition coefficient (Wildman–Crippen LogP) is 4.22. The summed E-state index contributed by atoms with van der Waals surface area (Å²) < 4.78 is 31.8. The number of rotatable bonds is 3. The maximum absolute atomic E-state index is 13.4. The Hall–Kier alpha value is -1.95. The monoisotopic (exact) mass is 328 g/mol. The van der Waals surface area contributed by atoms with E-state index in [1.54, 1.807) is 0 Å². The van der Waals surface area contributed by atoms with Gasteiger partial charge in [0.1, 0.15) is 11.6 Å². The number of carboxylic acids is 1. The minimum Gasteiger partial charge on any atom is -0.478 e. The van der Waals surface area contributed by atoms with Crippen molar-refractivity contribution in [2.45, 2.75) is 0 Å². The molecule has 2 rings (SSSR count). The highest BCUT2D eigenvalue weighted by Gasteiger charge is 2.11. The molecule has 98 valence electrons. The van der Waals surface area contributed by atoms with Crippen LogP contribution in [-0.2, 0) is 0 Å². The van der Waals surface area contributed by atoms with E-state index in [0.29, 0.717) is 0 Å². The second kappa shape index (κ2) is 5.36. The average molecular weight is 329 g/mol. The molecule has 0 saturated carbocycles. The smallest absolute Gasteiger partial charge is 0.336 e. The van der Waals surface area contributed by atoms with Crippen LogP contribution in [0.15, 0.2) is 40.9 Å². The second-order valence-electron chi connectivity index (χ2n) is 3.62. The molecule has 0 amide bonds.